The third-order valence-electron chi connectivity index (χ3n) is 6.47. The van der Waals surface area contributed by atoms with E-state index in [-0.39, 0.29) is 31.0 Å². The Morgan fingerprint density at radius 1 is 1.14 bits per heavy atom. The number of ether oxygens (including phenoxy) is 3. The summed E-state index contributed by atoms with van der Waals surface area (Å²) in [6.07, 6.45) is 0.522. The van der Waals surface area contributed by atoms with Crippen LogP contribution in [-0.2, 0) is 28.6 Å². The van der Waals surface area contributed by atoms with Gasteiger partial charge in [0.1, 0.15) is 12.5 Å². The number of dihydropyridines is 1. The quantitative estimate of drug-likeness (QED) is 0.341. The molecule has 35 heavy (non-hydrogen) atoms. The van der Waals surface area contributed by atoms with E-state index in [1.165, 1.54) is 7.11 Å². The minimum absolute atomic E-state index is 0.0266. The molecule has 1 N–H and O–H groups in total. The zero-order valence-corrected chi connectivity index (χ0v) is 21.6. The molecule has 0 bridgehead atoms. The highest BCUT2D eigenvalue weighted by Gasteiger charge is 2.47. The van der Waals surface area contributed by atoms with Crippen molar-refractivity contribution in [3.8, 4) is 0 Å². The second-order valence-electron chi connectivity index (χ2n) is 9.58. The number of methoxy groups -OCH3 is 1. The molecule has 1 heterocycles. The molecule has 1 aliphatic carbocycles. The molecule has 0 spiro atoms. The molecule has 0 saturated carbocycles. The number of carbonyl (C=O) groups is 3. The van der Waals surface area contributed by atoms with Crippen molar-refractivity contribution in [2.75, 3.05) is 39.3 Å². The van der Waals surface area contributed by atoms with Gasteiger partial charge in [-0.05, 0) is 50.8 Å². The number of rotatable bonds is 8. The van der Waals surface area contributed by atoms with Crippen LogP contribution in [0, 0.1) is 11.8 Å². The predicted octanol–water partition coefficient (Wildman–Crippen LogP) is 3.33. The van der Waals surface area contributed by atoms with Crippen LogP contribution < -0.4 is 10.2 Å². The molecule has 1 aromatic rings. The molecule has 1 aromatic carbocycles. The van der Waals surface area contributed by atoms with Crippen LogP contribution in [0.4, 0.5) is 5.69 Å². The summed E-state index contributed by atoms with van der Waals surface area (Å²) in [4.78, 5) is 41.6. The van der Waals surface area contributed by atoms with Crippen LogP contribution in [0.15, 0.2) is 46.8 Å². The molecular weight excluding hydrogens is 448 g/mol. The average molecular weight is 485 g/mol. The molecule has 190 valence electrons. The van der Waals surface area contributed by atoms with E-state index in [0.717, 1.165) is 16.9 Å². The summed E-state index contributed by atoms with van der Waals surface area (Å²) in [6, 6.07) is 7.72. The van der Waals surface area contributed by atoms with Crippen LogP contribution in [0.3, 0.4) is 0 Å². The largest absolute Gasteiger partial charge is 0.468 e. The van der Waals surface area contributed by atoms with Gasteiger partial charge in [0.25, 0.3) is 0 Å². The topological polar surface area (TPSA) is 94.2 Å². The fraction of sp³-hybridized carbons (Fsp3) is 0.519. The van der Waals surface area contributed by atoms with Crippen LogP contribution in [-0.4, -0.2) is 58.2 Å². The molecule has 0 amide bonds. The lowest BCUT2D eigenvalue weighted by Gasteiger charge is -2.38. The lowest BCUT2D eigenvalue weighted by atomic mass is 9.69. The van der Waals surface area contributed by atoms with Gasteiger partial charge in [-0.3, -0.25) is 9.59 Å². The van der Waals surface area contributed by atoms with Crippen LogP contribution in [0.5, 0.6) is 0 Å². The molecular formula is C27H36N2O6. The number of ketones is 1. The molecule has 0 unspecified atom stereocenters. The average Bonchev–Trinajstić information content (AvgIpc) is 2.80. The fourth-order valence-electron chi connectivity index (χ4n) is 4.75. The fourth-order valence-corrected chi connectivity index (χ4v) is 4.75. The van der Waals surface area contributed by atoms with Crippen molar-refractivity contribution in [3.05, 3.63) is 52.4 Å². The number of allylic oxidation sites excluding steroid dienone is 3. The predicted molar refractivity (Wildman–Crippen MR) is 133 cm³/mol. The Labute approximate surface area is 207 Å². The van der Waals surface area contributed by atoms with Crippen LogP contribution >= 0.6 is 0 Å². The lowest BCUT2D eigenvalue weighted by molar-refractivity contribution is -0.151. The summed E-state index contributed by atoms with van der Waals surface area (Å²) in [5.41, 5.74) is 3.92. The highest BCUT2D eigenvalue weighted by atomic mass is 16.6. The van der Waals surface area contributed by atoms with E-state index >= 15 is 0 Å². The standard InChI is InChI=1S/C27H36N2O6/c1-15(2)34-12-13-35-27(32)22-17(4)28-20-14-16(3)21(26(31)33-7)25(30)24(20)23(22)18-8-10-19(11-9-18)29(5)6/h8-11,15-16,21,23,28H,12-14H2,1-7H3/t16-,21-,23-/m0/s1. The van der Waals surface area contributed by atoms with Gasteiger partial charge in [-0.15, -0.1) is 0 Å². The first-order valence-electron chi connectivity index (χ1n) is 12.0. The maximum absolute atomic E-state index is 13.7. The van der Waals surface area contributed by atoms with Gasteiger partial charge < -0.3 is 24.4 Å². The number of carbonyl (C=O) groups excluding carboxylic acids is 3. The molecule has 0 aromatic heterocycles. The molecule has 0 saturated heterocycles. The Hall–Kier alpha value is -3.13. The maximum Gasteiger partial charge on any atom is 0.336 e. The molecule has 8 nitrogen and oxygen atoms in total. The first-order chi connectivity index (χ1) is 16.6. The number of hydrogen-bond donors (Lipinski definition) is 1. The van der Waals surface area contributed by atoms with Gasteiger partial charge in [-0.25, -0.2) is 4.79 Å². The van der Waals surface area contributed by atoms with E-state index in [0.29, 0.717) is 23.3 Å². The molecule has 3 atom stereocenters. The minimum atomic E-state index is -0.917. The zero-order valence-electron chi connectivity index (χ0n) is 21.6. The zero-order chi connectivity index (χ0) is 25.9. The van der Waals surface area contributed by atoms with Crippen molar-refractivity contribution < 1.29 is 28.6 Å². The second kappa shape index (κ2) is 11.1. The summed E-state index contributed by atoms with van der Waals surface area (Å²) in [7, 11) is 5.17. The van der Waals surface area contributed by atoms with Gasteiger partial charge in [-0.1, -0.05) is 19.1 Å². The van der Waals surface area contributed by atoms with Gasteiger partial charge in [0.2, 0.25) is 0 Å². The monoisotopic (exact) mass is 484 g/mol. The van der Waals surface area contributed by atoms with Crippen molar-refractivity contribution in [3.63, 3.8) is 0 Å². The number of Topliss-reactive ketones (excluding diaryl/α,β-unsaturated/α-hetero) is 1. The highest BCUT2D eigenvalue weighted by Crippen LogP contribution is 2.45. The van der Waals surface area contributed by atoms with Gasteiger partial charge in [0.05, 0.1) is 25.4 Å². The Balaban J connectivity index is 2.05. The summed E-state index contributed by atoms with van der Waals surface area (Å²) < 4.78 is 16.0. The second-order valence-corrected chi connectivity index (χ2v) is 9.58. The van der Waals surface area contributed by atoms with Gasteiger partial charge in [-0.2, -0.15) is 0 Å². The van der Waals surface area contributed by atoms with Gasteiger partial charge in [0.15, 0.2) is 5.78 Å². The highest BCUT2D eigenvalue weighted by molar-refractivity contribution is 6.12. The number of nitrogens with zero attached hydrogens (tertiary/aromatic N) is 1. The Morgan fingerprint density at radius 3 is 2.37 bits per heavy atom. The molecule has 8 heteroatoms. The van der Waals surface area contributed by atoms with E-state index in [9.17, 15) is 14.4 Å². The van der Waals surface area contributed by atoms with Gasteiger partial charge in [0, 0.05) is 42.7 Å². The smallest absolute Gasteiger partial charge is 0.336 e. The SMILES string of the molecule is COC(=O)[C@@H]1C(=O)C2=C(C[C@@H]1C)NC(C)=C(C(=O)OCCOC(C)C)[C@@H]2c1ccc(N(C)C)cc1. The van der Waals surface area contributed by atoms with Gasteiger partial charge >= 0.3 is 11.9 Å². The normalized spacial score (nSPS) is 22.1. The summed E-state index contributed by atoms with van der Waals surface area (Å²) in [5, 5.41) is 3.27. The number of nitrogens with one attached hydrogen (secondary N) is 1. The Bertz CT molecular complexity index is 1040. The van der Waals surface area contributed by atoms with Crippen molar-refractivity contribution >= 4 is 23.4 Å². The minimum Gasteiger partial charge on any atom is -0.468 e. The van der Waals surface area contributed by atoms with E-state index < -0.39 is 23.8 Å². The van der Waals surface area contributed by atoms with E-state index in [4.69, 9.17) is 14.2 Å². The van der Waals surface area contributed by atoms with E-state index in [2.05, 4.69) is 5.32 Å². The summed E-state index contributed by atoms with van der Waals surface area (Å²) in [6.45, 7) is 7.88. The molecule has 2 aliphatic rings. The molecule has 0 fully saturated rings. The van der Waals surface area contributed by atoms with Crippen molar-refractivity contribution in [1.82, 2.24) is 5.32 Å². The number of esters is 2. The van der Waals surface area contributed by atoms with E-state index in [1.807, 2.05) is 71.0 Å². The Morgan fingerprint density at radius 2 is 1.80 bits per heavy atom. The summed E-state index contributed by atoms with van der Waals surface area (Å²) in [5.74, 6) is -3.20. The summed E-state index contributed by atoms with van der Waals surface area (Å²) >= 11 is 0. The Kier molecular flexibility index (Phi) is 8.38. The number of anilines is 1. The van der Waals surface area contributed by atoms with Crippen LogP contribution in [0.1, 0.15) is 45.6 Å². The van der Waals surface area contributed by atoms with Crippen LogP contribution in [0.2, 0.25) is 0 Å². The number of hydrogen-bond acceptors (Lipinski definition) is 8. The maximum atomic E-state index is 13.7. The first kappa shape index (κ1) is 26.5. The first-order valence-corrected chi connectivity index (χ1v) is 12.0. The lowest BCUT2D eigenvalue weighted by Crippen LogP contribution is -2.43. The van der Waals surface area contributed by atoms with Crippen molar-refractivity contribution in [2.24, 2.45) is 11.8 Å². The van der Waals surface area contributed by atoms with E-state index in [1.54, 1.807) is 0 Å². The molecule has 3 rings (SSSR count). The molecule has 1 aliphatic heterocycles. The van der Waals surface area contributed by atoms with Crippen LogP contribution in [0.25, 0.3) is 0 Å². The third-order valence-corrected chi connectivity index (χ3v) is 6.47. The number of benzene rings is 1. The van der Waals surface area contributed by atoms with Crippen molar-refractivity contribution in [1.29, 1.82) is 0 Å². The molecule has 0 radical (unpaired) electrons. The third kappa shape index (κ3) is 5.59. The van der Waals surface area contributed by atoms with Crippen molar-refractivity contribution in [2.45, 2.75) is 46.1 Å².